The van der Waals surface area contributed by atoms with Crippen LogP contribution < -0.4 is 0 Å². The van der Waals surface area contributed by atoms with Gasteiger partial charge in [0.1, 0.15) is 0 Å². The summed E-state index contributed by atoms with van der Waals surface area (Å²) in [5, 5.41) is 0. The molecule has 0 aromatic rings. The Balaban J connectivity index is 3.62. The van der Waals surface area contributed by atoms with Crippen LogP contribution in [0, 0.1) is 0 Å². The summed E-state index contributed by atoms with van der Waals surface area (Å²) in [4.78, 5) is 0. The summed E-state index contributed by atoms with van der Waals surface area (Å²) in [6.45, 7) is 10.0. The van der Waals surface area contributed by atoms with Gasteiger partial charge in [-0.05, 0) is 25.7 Å². The van der Waals surface area contributed by atoms with Crippen molar-refractivity contribution in [1.82, 2.24) is 0 Å². The lowest BCUT2D eigenvalue weighted by Crippen LogP contribution is -2.43. The molecule has 0 aromatic heterocycles. The van der Waals surface area contributed by atoms with Gasteiger partial charge in [-0.3, -0.25) is 0 Å². The number of nitrogens with zero attached hydrogens (tertiary/aromatic N) is 2. The van der Waals surface area contributed by atoms with E-state index in [0.29, 0.717) is 0 Å². The second kappa shape index (κ2) is 19.6. The van der Waals surface area contributed by atoms with Crippen LogP contribution in [-0.2, 0) is 0 Å². The molecule has 0 unspecified atom stereocenters. The van der Waals surface area contributed by atoms with Crippen LogP contribution in [-0.4, -0.2) is 63.3 Å². The highest BCUT2D eigenvalue weighted by Crippen LogP contribution is 2.13. The first-order chi connectivity index (χ1) is 14.3. The summed E-state index contributed by atoms with van der Waals surface area (Å²) < 4.78 is 2.45. The van der Waals surface area contributed by atoms with Crippen molar-refractivity contribution in [3.8, 4) is 0 Å². The molecule has 0 atom stereocenters. The third-order valence-corrected chi connectivity index (χ3v) is 7.01. The Morgan fingerprint density at radius 2 is 0.500 bits per heavy atom. The van der Waals surface area contributed by atoms with E-state index in [1.54, 1.807) is 0 Å². The Morgan fingerprint density at radius 3 is 0.767 bits per heavy atom. The highest BCUT2D eigenvalue weighted by atomic mass is 15.3. The molecule has 0 saturated carbocycles. The molecule has 0 aromatic carbocycles. The van der Waals surface area contributed by atoms with Crippen molar-refractivity contribution in [2.45, 2.75) is 129 Å². The number of unbranched alkanes of at least 4 members (excludes halogenated alkanes) is 15. The number of hydrogen-bond acceptors (Lipinski definition) is 0. The molecule has 2 nitrogen and oxygen atoms in total. The van der Waals surface area contributed by atoms with Crippen LogP contribution in [0.2, 0.25) is 0 Å². The minimum atomic E-state index is 1.22. The van der Waals surface area contributed by atoms with Crippen molar-refractivity contribution in [3.05, 3.63) is 0 Å². The third-order valence-electron chi connectivity index (χ3n) is 7.01. The van der Waals surface area contributed by atoms with Crippen molar-refractivity contribution in [1.29, 1.82) is 0 Å². The summed E-state index contributed by atoms with van der Waals surface area (Å²) >= 11 is 0. The lowest BCUT2D eigenvalue weighted by molar-refractivity contribution is -0.897. The second-order valence-electron chi connectivity index (χ2n) is 11.4. The maximum atomic E-state index is 2.45. The summed E-state index contributed by atoms with van der Waals surface area (Å²) in [6, 6.07) is 0. The van der Waals surface area contributed by atoms with Crippen LogP contribution in [0.4, 0.5) is 0 Å². The quantitative estimate of drug-likeness (QED) is 0.114. The van der Waals surface area contributed by atoms with Crippen molar-refractivity contribution < 1.29 is 8.97 Å². The predicted octanol–water partition coefficient (Wildman–Crippen LogP) is 8.20. The maximum absolute atomic E-state index is 2.45. The fraction of sp³-hybridized carbons (Fsp3) is 1.00. The zero-order valence-corrected chi connectivity index (χ0v) is 22.5. The number of quaternary nitrogens is 2. The standard InChI is InChI=1S/C28H62N2/c1-7-9-11-13-15-17-19-21-25-29(3,4)27-23-24-28-30(5,6)26-22-20-18-16-14-12-10-8-2/h7-28H2,1-6H3/q+2. The summed E-state index contributed by atoms with van der Waals surface area (Å²) in [5.74, 6) is 0. The van der Waals surface area contributed by atoms with Gasteiger partial charge in [-0.15, -0.1) is 0 Å². The van der Waals surface area contributed by atoms with E-state index < -0.39 is 0 Å². The smallest absolute Gasteiger partial charge is 0.0784 e. The molecular weight excluding hydrogens is 364 g/mol. The largest absolute Gasteiger partial charge is 0.328 e. The average molecular weight is 427 g/mol. The van der Waals surface area contributed by atoms with Crippen LogP contribution in [0.3, 0.4) is 0 Å². The first kappa shape index (κ1) is 29.9. The number of rotatable bonds is 23. The molecule has 2 heteroatoms. The van der Waals surface area contributed by atoms with E-state index in [-0.39, 0.29) is 0 Å². The van der Waals surface area contributed by atoms with E-state index in [2.05, 4.69) is 42.0 Å². The fourth-order valence-electron chi connectivity index (χ4n) is 4.65. The van der Waals surface area contributed by atoms with Gasteiger partial charge in [0.05, 0.1) is 54.4 Å². The van der Waals surface area contributed by atoms with Crippen LogP contribution in [0.1, 0.15) is 129 Å². The normalized spacial score (nSPS) is 12.6. The van der Waals surface area contributed by atoms with E-state index in [1.165, 1.54) is 151 Å². The molecule has 0 saturated heterocycles. The number of hydrogen-bond donors (Lipinski definition) is 0. The highest BCUT2D eigenvalue weighted by Gasteiger charge is 2.17. The summed E-state index contributed by atoms with van der Waals surface area (Å²) in [7, 11) is 9.78. The monoisotopic (exact) mass is 426 g/mol. The molecule has 0 fully saturated rings. The average Bonchev–Trinajstić information content (AvgIpc) is 2.69. The Morgan fingerprint density at radius 1 is 0.300 bits per heavy atom. The van der Waals surface area contributed by atoms with Crippen molar-refractivity contribution in [3.63, 3.8) is 0 Å². The minimum Gasteiger partial charge on any atom is -0.328 e. The molecule has 0 aliphatic carbocycles. The van der Waals surface area contributed by atoms with E-state index in [4.69, 9.17) is 0 Å². The van der Waals surface area contributed by atoms with Gasteiger partial charge < -0.3 is 8.97 Å². The second-order valence-corrected chi connectivity index (χ2v) is 11.4. The lowest BCUT2D eigenvalue weighted by Gasteiger charge is -2.32. The molecule has 0 heterocycles. The van der Waals surface area contributed by atoms with E-state index in [1.807, 2.05) is 0 Å². The molecule has 0 N–H and O–H groups in total. The van der Waals surface area contributed by atoms with Crippen molar-refractivity contribution in [2.24, 2.45) is 0 Å². The zero-order chi connectivity index (χ0) is 22.6. The Bertz CT molecular complexity index is 315. The van der Waals surface area contributed by atoms with Gasteiger partial charge in [-0.2, -0.15) is 0 Å². The van der Waals surface area contributed by atoms with Gasteiger partial charge in [0.15, 0.2) is 0 Å². The Hall–Kier alpha value is -0.0800. The molecule has 0 aliphatic heterocycles. The molecule has 0 aliphatic rings. The van der Waals surface area contributed by atoms with Crippen molar-refractivity contribution >= 4 is 0 Å². The van der Waals surface area contributed by atoms with Crippen LogP contribution in [0.25, 0.3) is 0 Å². The van der Waals surface area contributed by atoms with Crippen LogP contribution >= 0.6 is 0 Å². The zero-order valence-electron chi connectivity index (χ0n) is 22.5. The lowest BCUT2D eigenvalue weighted by atomic mass is 10.1. The minimum absolute atomic E-state index is 1.22. The van der Waals surface area contributed by atoms with Crippen molar-refractivity contribution in [2.75, 3.05) is 54.4 Å². The van der Waals surface area contributed by atoms with Gasteiger partial charge in [0.25, 0.3) is 0 Å². The van der Waals surface area contributed by atoms with Crippen LogP contribution in [0.5, 0.6) is 0 Å². The molecule has 30 heavy (non-hydrogen) atoms. The van der Waals surface area contributed by atoms with E-state index >= 15 is 0 Å². The first-order valence-corrected chi connectivity index (χ1v) is 14.0. The molecule has 0 rings (SSSR count). The van der Waals surface area contributed by atoms with E-state index in [9.17, 15) is 0 Å². The fourth-order valence-corrected chi connectivity index (χ4v) is 4.65. The van der Waals surface area contributed by atoms with Gasteiger partial charge in [0, 0.05) is 12.8 Å². The highest BCUT2D eigenvalue weighted by molar-refractivity contribution is 4.49. The van der Waals surface area contributed by atoms with Crippen LogP contribution in [0.15, 0.2) is 0 Å². The third kappa shape index (κ3) is 21.2. The molecule has 0 radical (unpaired) electrons. The van der Waals surface area contributed by atoms with Gasteiger partial charge in [0.2, 0.25) is 0 Å². The predicted molar refractivity (Wildman–Crippen MR) is 138 cm³/mol. The van der Waals surface area contributed by atoms with E-state index in [0.717, 1.165) is 0 Å². The van der Waals surface area contributed by atoms with Gasteiger partial charge >= 0.3 is 0 Å². The molecular formula is C28H62N2+2. The molecule has 0 bridgehead atoms. The van der Waals surface area contributed by atoms with Gasteiger partial charge in [-0.25, -0.2) is 0 Å². The molecule has 0 spiro atoms. The first-order valence-electron chi connectivity index (χ1n) is 14.0. The summed E-state index contributed by atoms with van der Waals surface area (Å²) in [5.41, 5.74) is 0. The van der Waals surface area contributed by atoms with Gasteiger partial charge in [-0.1, -0.05) is 90.9 Å². The summed E-state index contributed by atoms with van der Waals surface area (Å²) in [6.07, 6.45) is 25.7. The topological polar surface area (TPSA) is 0 Å². The maximum Gasteiger partial charge on any atom is 0.0784 e. The molecule has 0 amide bonds. The molecule has 182 valence electrons. The Kier molecular flexibility index (Phi) is 19.5. The Labute approximate surface area is 193 Å². The SMILES string of the molecule is CCCCCCCCCC[N+](C)(C)CCCC[N+](C)(C)CCCCCCCCCC.